The summed E-state index contributed by atoms with van der Waals surface area (Å²) in [5, 5.41) is 2.72. The molecular formula is C14H19F2NO. The molecule has 1 aromatic rings. The summed E-state index contributed by atoms with van der Waals surface area (Å²) in [6.45, 7) is 5.96. The summed E-state index contributed by atoms with van der Waals surface area (Å²) in [6, 6.07) is 3.55. The largest absolute Gasteiger partial charge is 0.349 e. The molecule has 0 aromatic heterocycles. The zero-order chi connectivity index (χ0) is 13.7. The maximum atomic E-state index is 13.4. The van der Waals surface area contributed by atoms with Crippen molar-refractivity contribution >= 4 is 5.91 Å². The van der Waals surface area contributed by atoms with E-state index >= 15 is 0 Å². The molecule has 1 amide bonds. The van der Waals surface area contributed by atoms with Gasteiger partial charge in [0.1, 0.15) is 0 Å². The standard InChI is InChI=1S/C14H19F2NO/c1-4-10(5-2)9(3)17-14(18)11-7-6-8-12(15)13(11)16/h6-10H,4-5H2,1-3H3,(H,17,18). The SMILES string of the molecule is CCC(CC)C(C)NC(=O)c1cccc(F)c1F. The number of hydrogen-bond donors (Lipinski definition) is 1. The molecule has 0 aliphatic carbocycles. The second-order valence-electron chi connectivity index (χ2n) is 4.44. The molecule has 1 N–H and O–H groups in total. The van der Waals surface area contributed by atoms with Gasteiger partial charge in [0.25, 0.3) is 5.91 Å². The molecular weight excluding hydrogens is 236 g/mol. The number of carbonyl (C=O) groups is 1. The molecule has 0 saturated carbocycles. The van der Waals surface area contributed by atoms with Crippen LogP contribution in [0, 0.1) is 17.6 Å². The van der Waals surface area contributed by atoms with E-state index in [0.29, 0.717) is 5.92 Å². The third-order valence-corrected chi connectivity index (χ3v) is 3.31. The fourth-order valence-electron chi connectivity index (χ4n) is 2.08. The quantitative estimate of drug-likeness (QED) is 0.857. The van der Waals surface area contributed by atoms with Crippen molar-refractivity contribution in [1.82, 2.24) is 5.32 Å². The molecule has 4 heteroatoms. The Morgan fingerprint density at radius 1 is 1.28 bits per heavy atom. The van der Waals surface area contributed by atoms with E-state index in [2.05, 4.69) is 5.32 Å². The normalized spacial score (nSPS) is 12.6. The van der Waals surface area contributed by atoms with Crippen molar-refractivity contribution in [1.29, 1.82) is 0 Å². The van der Waals surface area contributed by atoms with Crippen LogP contribution >= 0.6 is 0 Å². The number of benzene rings is 1. The summed E-state index contributed by atoms with van der Waals surface area (Å²) in [5.74, 6) is -2.32. The molecule has 2 nitrogen and oxygen atoms in total. The molecule has 0 saturated heterocycles. The van der Waals surface area contributed by atoms with Crippen molar-refractivity contribution in [2.24, 2.45) is 5.92 Å². The molecule has 100 valence electrons. The summed E-state index contributed by atoms with van der Waals surface area (Å²) < 4.78 is 26.4. The van der Waals surface area contributed by atoms with Gasteiger partial charge in [-0.2, -0.15) is 0 Å². The Bertz CT molecular complexity index is 416. The van der Waals surface area contributed by atoms with Crippen LogP contribution in [0.3, 0.4) is 0 Å². The Hall–Kier alpha value is -1.45. The number of carbonyl (C=O) groups excluding carboxylic acids is 1. The van der Waals surface area contributed by atoms with Crippen LogP contribution in [0.2, 0.25) is 0 Å². The Balaban J connectivity index is 2.79. The van der Waals surface area contributed by atoms with Crippen molar-refractivity contribution in [3.8, 4) is 0 Å². The van der Waals surface area contributed by atoms with Crippen LogP contribution in [0.25, 0.3) is 0 Å². The lowest BCUT2D eigenvalue weighted by Gasteiger charge is -2.22. The molecule has 0 aliphatic rings. The van der Waals surface area contributed by atoms with Crippen LogP contribution < -0.4 is 5.32 Å². The summed E-state index contributed by atoms with van der Waals surface area (Å²) in [5.41, 5.74) is -0.243. The first-order chi connectivity index (χ1) is 8.51. The van der Waals surface area contributed by atoms with Gasteiger partial charge in [-0.3, -0.25) is 4.79 Å². The highest BCUT2D eigenvalue weighted by Gasteiger charge is 2.20. The highest BCUT2D eigenvalue weighted by molar-refractivity contribution is 5.94. The fraction of sp³-hybridized carbons (Fsp3) is 0.500. The summed E-state index contributed by atoms with van der Waals surface area (Å²) in [6.07, 6.45) is 1.87. The number of halogens is 2. The topological polar surface area (TPSA) is 29.1 Å². The van der Waals surface area contributed by atoms with Crippen LogP contribution in [0.15, 0.2) is 18.2 Å². The first-order valence-corrected chi connectivity index (χ1v) is 6.26. The third kappa shape index (κ3) is 3.28. The maximum absolute atomic E-state index is 13.4. The van der Waals surface area contributed by atoms with Crippen molar-refractivity contribution in [2.75, 3.05) is 0 Å². The van der Waals surface area contributed by atoms with E-state index in [4.69, 9.17) is 0 Å². The lowest BCUT2D eigenvalue weighted by Crippen LogP contribution is -2.38. The van der Waals surface area contributed by atoms with Crippen LogP contribution in [0.5, 0.6) is 0 Å². The lowest BCUT2D eigenvalue weighted by molar-refractivity contribution is 0.0920. The summed E-state index contributed by atoms with van der Waals surface area (Å²) in [7, 11) is 0. The van der Waals surface area contributed by atoms with Gasteiger partial charge >= 0.3 is 0 Å². The zero-order valence-corrected chi connectivity index (χ0v) is 11.0. The summed E-state index contributed by atoms with van der Waals surface area (Å²) in [4.78, 5) is 11.8. The van der Waals surface area contributed by atoms with Gasteiger partial charge in [0.2, 0.25) is 0 Å². The first kappa shape index (κ1) is 14.6. The second-order valence-corrected chi connectivity index (χ2v) is 4.44. The molecule has 18 heavy (non-hydrogen) atoms. The Labute approximate surface area is 106 Å². The molecule has 0 fully saturated rings. The molecule has 0 spiro atoms. The van der Waals surface area contributed by atoms with Gasteiger partial charge in [0.15, 0.2) is 11.6 Å². The Kier molecular flexibility index (Phi) is 5.25. The third-order valence-electron chi connectivity index (χ3n) is 3.31. The van der Waals surface area contributed by atoms with E-state index in [1.54, 1.807) is 0 Å². The van der Waals surface area contributed by atoms with Crippen LogP contribution in [-0.2, 0) is 0 Å². The number of hydrogen-bond acceptors (Lipinski definition) is 1. The maximum Gasteiger partial charge on any atom is 0.254 e. The molecule has 0 bridgehead atoms. The first-order valence-electron chi connectivity index (χ1n) is 6.26. The molecule has 0 heterocycles. The van der Waals surface area contributed by atoms with Gasteiger partial charge in [-0.15, -0.1) is 0 Å². The minimum absolute atomic E-state index is 0.0600. The highest BCUT2D eigenvalue weighted by Crippen LogP contribution is 2.15. The number of amides is 1. The second kappa shape index (κ2) is 6.47. The summed E-state index contributed by atoms with van der Waals surface area (Å²) >= 11 is 0. The number of rotatable bonds is 5. The zero-order valence-electron chi connectivity index (χ0n) is 11.0. The van der Waals surface area contributed by atoms with Gasteiger partial charge in [-0.25, -0.2) is 8.78 Å². The molecule has 1 rings (SSSR count). The van der Waals surface area contributed by atoms with Gasteiger partial charge in [-0.05, 0) is 25.0 Å². The smallest absolute Gasteiger partial charge is 0.254 e. The van der Waals surface area contributed by atoms with Crippen molar-refractivity contribution in [3.05, 3.63) is 35.4 Å². The minimum atomic E-state index is -1.09. The van der Waals surface area contributed by atoms with Crippen molar-refractivity contribution in [3.63, 3.8) is 0 Å². The predicted octanol–water partition coefficient (Wildman–Crippen LogP) is 3.52. The Morgan fingerprint density at radius 2 is 1.89 bits per heavy atom. The van der Waals surface area contributed by atoms with E-state index in [9.17, 15) is 13.6 Å². The van der Waals surface area contributed by atoms with E-state index in [-0.39, 0.29) is 11.6 Å². The van der Waals surface area contributed by atoms with Gasteiger partial charge < -0.3 is 5.32 Å². The van der Waals surface area contributed by atoms with E-state index in [0.717, 1.165) is 18.9 Å². The van der Waals surface area contributed by atoms with Crippen molar-refractivity contribution < 1.29 is 13.6 Å². The average molecular weight is 255 g/mol. The van der Waals surface area contributed by atoms with Crippen LogP contribution in [-0.4, -0.2) is 11.9 Å². The predicted molar refractivity (Wildman–Crippen MR) is 67.4 cm³/mol. The van der Waals surface area contributed by atoms with E-state index < -0.39 is 17.5 Å². The van der Waals surface area contributed by atoms with E-state index in [1.165, 1.54) is 12.1 Å². The van der Waals surface area contributed by atoms with Crippen LogP contribution in [0.1, 0.15) is 44.0 Å². The molecule has 1 atom stereocenters. The molecule has 1 aromatic carbocycles. The molecule has 0 aliphatic heterocycles. The monoisotopic (exact) mass is 255 g/mol. The number of nitrogens with one attached hydrogen (secondary N) is 1. The molecule has 1 unspecified atom stereocenters. The lowest BCUT2D eigenvalue weighted by atomic mass is 9.95. The van der Waals surface area contributed by atoms with Gasteiger partial charge in [-0.1, -0.05) is 32.8 Å². The fourth-order valence-corrected chi connectivity index (χ4v) is 2.08. The van der Waals surface area contributed by atoms with Gasteiger partial charge in [0.05, 0.1) is 5.56 Å². The highest BCUT2D eigenvalue weighted by atomic mass is 19.2. The van der Waals surface area contributed by atoms with Gasteiger partial charge in [0, 0.05) is 6.04 Å². The average Bonchev–Trinajstić information content (AvgIpc) is 2.34. The van der Waals surface area contributed by atoms with E-state index in [1.807, 2.05) is 20.8 Å². The van der Waals surface area contributed by atoms with Crippen LogP contribution in [0.4, 0.5) is 8.78 Å². The Morgan fingerprint density at radius 3 is 2.44 bits per heavy atom. The molecule has 0 radical (unpaired) electrons. The van der Waals surface area contributed by atoms with Crippen molar-refractivity contribution in [2.45, 2.75) is 39.7 Å². The minimum Gasteiger partial charge on any atom is -0.349 e.